The molecule has 9 heteroatoms. The minimum atomic E-state index is -3.38. The Labute approximate surface area is 174 Å². The van der Waals surface area contributed by atoms with Gasteiger partial charge in [-0.1, -0.05) is 12.1 Å². The SMILES string of the molecule is O=C(Nc1nccs1)C(CC1CCOCC1)c1ccc(S(=O)(=O)C2COC2)cc1. The molecule has 1 aromatic carbocycles. The van der Waals surface area contributed by atoms with Gasteiger partial charge in [-0.15, -0.1) is 11.3 Å². The van der Waals surface area contributed by atoms with Crippen molar-refractivity contribution in [1.82, 2.24) is 4.98 Å². The molecule has 0 aliphatic carbocycles. The van der Waals surface area contributed by atoms with E-state index in [2.05, 4.69) is 10.3 Å². The number of hydrogen-bond donors (Lipinski definition) is 1. The lowest BCUT2D eigenvalue weighted by atomic mass is 9.84. The van der Waals surface area contributed by atoms with Gasteiger partial charge in [0.2, 0.25) is 5.91 Å². The van der Waals surface area contributed by atoms with Gasteiger partial charge in [0.05, 0.1) is 24.0 Å². The molecule has 7 nitrogen and oxygen atoms in total. The fraction of sp³-hybridized carbons (Fsp3) is 0.500. The molecule has 1 atom stereocenters. The smallest absolute Gasteiger partial charge is 0.233 e. The summed E-state index contributed by atoms with van der Waals surface area (Å²) in [5, 5.41) is 4.80. The van der Waals surface area contributed by atoms with E-state index < -0.39 is 15.1 Å². The predicted molar refractivity (Wildman–Crippen MR) is 110 cm³/mol. The summed E-state index contributed by atoms with van der Waals surface area (Å²) in [6, 6.07) is 6.74. The van der Waals surface area contributed by atoms with E-state index in [4.69, 9.17) is 9.47 Å². The summed E-state index contributed by atoms with van der Waals surface area (Å²) in [7, 11) is -3.38. The summed E-state index contributed by atoms with van der Waals surface area (Å²) in [5.74, 6) is -0.0911. The average Bonchev–Trinajstić information content (AvgIpc) is 3.18. The summed E-state index contributed by atoms with van der Waals surface area (Å²) in [6.45, 7) is 1.91. The van der Waals surface area contributed by atoms with Gasteiger partial charge in [0.25, 0.3) is 0 Å². The fourth-order valence-electron chi connectivity index (χ4n) is 3.66. The second-order valence-electron chi connectivity index (χ2n) is 7.44. The summed E-state index contributed by atoms with van der Waals surface area (Å²) in [4.78, 5) is 17.4. The Balaban J connectivity index is 1.55. The molecule has 29 heavy (non-hydrogen) atoms. The summed E-state index contributed by atoms with van der Waals surface area (Å²) in [6.07, 6.45) is 4.20. The van der Waals surface area contributed by atoms with Crippen LogP contribution in [-0.4, -0.2) is 51.0 Å². The van der Waals surface area contributed by atoms with Crippen molar-refractivity contribution in [1.29, 1.82) is 0 Å². The van der Waals surface area contributed by atoms with Crippen molar-refractivity contribution in [3.63, 3.8) is 0 Å². The Hall–Kier alpha value is -1.81. The number of sulfone groups is 1. The molecule has 2 aromatic rings. The van der Waals surface area contributed by atoms with Gasteiger partial charge in [0.15, 0.2) is 15.0 Å². The molecule has 156 valence electrons. The average molecular weight is 437 g/mol. The van der Waals surface area contributed by atoms with E-state index in [1.165, 1.54) is 11.3 Å². The normalized spacial score (nSPS) is 19.4. The van der Waals surface area contributed by atoms with E-state index in [1.807, 2.05) is 5.38 Å². The van der Waals surface area contributed by atoms with Crippen molar-refractivity contribution >= 4 is 32.2 Å². The second kappa shape index (κ2) is 8.91. The predicted octanol–water partition coefficient (Wildman–Crippen LogP) is 2.85. The van der Waals surface area contributed by atoms with Crippen LogP contribution >= 0.6 is 11.3 Å². The lowest BCUT2D eigenvalue weighted by Crippen LogP contribution is -2.40. The van der Waals surface area contributed by atoms with Gasteiger partial charge in [0.1, 0.15) is 5.25 Å². The molecule has 1 unspecified atom stereocenters. The number of nitrogens with one attached hydrogen (secondary N) is 1. The molecule has 0 saturated carbocycles. The molecule has 1 amide bonds. The molecule has 0 radical (unpaired) electrons. The largest absolute Gasteiger partial charge is 0.381 e. The number of benzene rings is 1. The first kappa shape index (κ1) is 20.5. The molecule has 1 aromatic heterocycles. The number of anilines is 1. The summed E-state index contributed by atoms with van der Waals surface area (Å²) >= 11 is 1.37. The van der Waals surface area contributed by atoms with Gasteiger partial charge in [-0.05, 0) is 42.9 Å². The van der Waals surface area contributed by atoms with Crippen LogP contribution in [0, 0.1) is 5.92 Å². The van der Waals surface area contributed by atoms with Crippen LogP contribution in [0.5, 0.6) is 0 Å². The number of carbonyl (C=O) groups is 1. The number of rotatable bonds is 7. The topological polar surface area (TPSA) is 94.6 Å². The third kappa shape index (κ3) is 4.69. The minimum Gasteiger partial charge on any atom is -0.381 e. The number of ether oxygens (including phenoxy) is 2. The van der Waals surface area contributed by atoms with Crippen LogP contribution in [-0.2, 0) is 24.1 Å². The van der Waals surface area contributed by atoms with Crippen molar-refractivity contribution in [2.45, 2.75) is 35.3 Å². The zero-order valence-corrected chi connectivity index (χ0v) is 17.6. The Bertz CT molecular complexity index is 918. The van der Waals surface area contributed by atoms with E-state index in [0.29, 0.717) is 30.7 Å². The first-order valence-corrected chi connectivity index (χ1v) is 12.2. The van der Waals surface area contributed by atoms with E-state index in [-0.39, 0.29) is 29.9 Å². The van der Waals surface area contributed by atoms with Crippen LogP contribution in [0.25, 0.3) is 0 Å². The first-order chi connectivity index (χ1) is 14.0. The van der Waals surface area contributed by atoms with Crippen molar-refractivity contribution in [3.05, 3.63) is 41.4 Å². The Morgan fingerprint density at radius 2 is 1.90 bits per heavy atom. The van der Waals surface area contributed by atoms with Crippen LogP contribution in [0.1, 0.15) is 30.7 Å². The molecule has 2 saturated heterocycles. The number of aromatic nitrogens is 1. The molecule has 3 heterocycles. The molecular formula is C20H24N2O5S2. The third-order valence-electron chi connectivity index (χ3n) is 5.55. The molecule has 4 rings (SSSR count). The Morgan fingerprint density at radius 1 is 1.17 bits per heavy atom. The number of carbonyl (C=O) groups excluding carboxylic acids is 1. The monoisotopic (exact) mass is 436 g/mol. The lowest BCUT2D eigenvalue weighted by molar-refractivity contribution is -0.118. The standard InChI is InChI=1S/C20H24N2O5S2/c23-19(22-20-21-7-10-28-20)18(11-14-5-8-26-9-6-14)15-1-3-16(4-2-15)29(24,25)17-12-27-13-17/h1-4,7,10,14,17-18H,5-6,8-9,11-13H2,(H,21,22,23). The fourth-order valence-corrected chi connectivity index (χ4v) is 5.65. The second-order valence-corrected chi connectivity index (χ2v) is 10.6. The van der Waals surface area contributed by atoms with Crippen LogP contribution < -0.4 is 5.32 Å². The summed E-state index contributed by atoms with van der Waals surface area (Å²) < 4.78 is 35.6. The van der Waals surface area contributed by atoms with E-state index in [1.54, 1.807) is 30.5 Å². The van der Waals surface area contributed by atoms with Crippen molar-refractivity contribution in [3.8, 4) is 0 Å². The van der Waals surface area contributed by atoms with Gasteiger partial charge in [0, 0.05) is 24.8 Å². The van der Waals surface area contributed by atoms with Gasteiger partial charge < -0.3 is 14.8 Å². The number of nitrogens with zero attached hydrogens (tertiary/aromatic N) is 1. The number of thiazole rings is 1. The number of hydrogen-bond acceptors (Lipinski definition) is 7. The van der Waals surface area contributed by atoms with Crippen molar-refractivity contribution in [2.75, 3.05) is 31.7 Å². The minimum absolute atomic E-state index is 0.116. The van der Waals surface area contributed by atoms with Gasteiger partial charge >= 0.3 is 0 Å². The van der Waals surface area contributed by atoms with Gasteiger partial charge in [-0.2, -0.15) is 0 Å². The maximum absolute atomic E-state index is 13.0. The highest BCUT2D eigenvalue weighted by molar-refractivity contribution is 7.92. The molecule has 0 bridgehead atoms. The zero-order valence-electron chi connectivity index (χ0n) is 16.0. The third-order valence-corrected chi connectivity index (χ3v) is 8.31. The molecule has 1 N–H and O–H groups in total. The highest BCUT2D eigenvalue weighted by atomic mass is 32.2. The number of amides is 1. The Morgan fingerprint density at radius 3 is 2.48 bits per heavy atom. The highest BCUT2D eigenvalue weighted by Crippen LogP contribution is 2.32. The van der Waals surface area contributed by atoms with E-state index in [9.17, 15) is 13.2 Å². The van der Waals surface area contributed by atoms with E-state index >= 15 is 0 Å². The maximum Gasteiger partial charge on any atom is 0.233 e. The van der Waals surface area contributed by atoms with Crippen LogP contribution in [0.3, 0.4) is 0 Å². The van der Waals surface area contributed by atoms with Crippen LogP contribution in [0.4, 0.5) is 5.13 Å². The zero-order chi connectivity index (χ0) is 20.3. The quantitative estimate of drug-likeness (QED) is 0.717. The molecule has 2 aliphatic rings. The van der Waals surface area contributed by atoms with Gasteiger partial charge in [-0.25, -0.2) is 13.4 Å². The van der Waals surface area contributed by atoms with Crippen LogP contribution in [0.2, 0.25) is 0 Å². The highest BCUT2D eigenvalue weighted by Gasteiger charge is 2.34. The maximum atomic E-state index is 13.0. The van der Waals surface area contributed by atoms with E-state index in [0.717, 1.165) is 18.4 Å². The molecule has 2 aliphatic heterocycles. The van der Waals surface area contributed by atoms with Gasteiger partial charge in [-0.3, -0.25) is 4.79 Å². The van der Waals surface area contributed by atoms with Crippen molar-refractivity contribution in [2.24, 2.45) is 5.92 Å². The molecule has 2 fully saturated rings. The van der Waals surface area contributed by atoms with Crippen LogP contribution in [0.15, 0.2) is 40.7 Å². The summed E-state index contributed by atoms with van der Waals surface area (Å²) in [5.41, 5.74) is 0.814. The lowest BCUT2D eigenvalue weighted by Gasteiger charge is -2.27. The Kier molecular flexibility index (Phi) is 6.29. The molecule has 0 spiro atoms. The molecular weight excluding hydrogens is 412 g/mol. The van der Waals surface area contributed by atoms with Crippen molar-refractivity contribution < 1.29 is 22.7 Å². The first-order valence-electron chi connectivity index (χ1n) is 9.74.